The van der Waals surface area contributed by atoms with Crippen LogP contribution in [0.4, 0.5) is 11.4 Å². The lowest BCUT2D eigenvalue weighted by Gasteiger charge is -2.29. The molecule has 244 valence electrons. The van der Waals surface area contributed by atoms with E-state index in [1.54, 1.807) is 19.9 Å². The molecule has 13 heteroatoms. The molecule has 9 nitrogen and oxygen atoms in total. The van der Waals surface area contributed by atoms with Gasteiger partial charge < -0.3 is 20.0 Å². The van der Waals surface area contributed by atoms with Crippen LogP contribution >= 0.6 is 47.9 Å². The third-order valence-electron chi connectivity index (χ3n) is 7.84. The molecule has 1 aliphatic heterocycles. The summed E-state index contributed by atoms with van der Waals surface area (Å²) in [5.41, 5.74) is 3.55. The Morgan fingerprint density at radius 3 is 2.39 bits per heavy atom. The molecule has 1 amide bonds. The molecule has 0 fully saturated rings. The average Bonchev–Trinajstić information content (AvgIpc) is 3.45. The largest absolute Gasteiger partial charge is 0.481 e. The molecule has 0 aliphatic carbocycles. The number of carboxylic acid groups (broad SMARTS) is 2. The van der Waals surface area contributed by atoms with Gasteiger partial charge in [-0.1, -0.05) is 38.6 Å². The number of amides is 1. The number of carboxylic acids is 2. The zero-order chi connectivity index (χ0) is 33.7. The predicted octanol–water partition coefficient (Wildman–Crippen LogP) is 5.05. The number of aromatic nitrogens is 1. The fourth-order valence-corrected chi connectivity index (χ4v) is 8.15. The normalized spacial score (nSPS) is 16.7. The van der Waals surface area contributed by atoms with Gasteiger partial charge in [0.1, 0.15) is 16.1 Å². The van der Waals surface area contributed by atoms with Gasteiger partial charge in [-0.2, -0.15) is 0 Å². The summed E-state index contributed by atoms with van der Waals surface area (Å²) in [6.07, 6.45) is 3.82. The minimum absolute atomic E-state index is 0.0408. The van der Waals surface area contributed by atoms with Crippen LogP contribution < -0.4 is 19.7 Å². The second kappa shape index (κ2) is 15.5. The van der Waals surface area contributed by atoms with Crippen molar-refractivity contribution in [2.45, 2.75) is 70.4 Å². The maximum Gasteiger partial charge on any atom is 0.323 e. The van der Waals surface area contributed by atoms with Crippen molar-refractivity contribution in [3.8, 4) is 0 Å². The van der Waals surface area contributed by atoms with Crippen LogP contribution in [-0.2, 0) is 20.9 Å². The predicted molar refractivity (Wildman–Crippen MR) is 192 cm³/mol. The van der Waals surface area contributed by atoms with Gasteiger partial charge in [-0.15, -0.1) is 35.7 Å². The number of nitrogens with zero attached hydrogens (tertiary/aromatic N) is 3. The summed E-state index contributed by atoms with van der Waals surface area (Å²) in [6.45, 7) is 7.46. The van der Waals surface area contributed by atoms with E-state index in [9.17, 15) is 24.3 Å². The van der Waals surface area contributed by atoms with Gasteiger partial charge in [0, 0.05) is 40.5 Å². The van der Waals surface area contributed by atoms with Crippen molar-refractivity contribution >= 4 is 93.1 Å². The number of fused-ring (bicyclic) bond motifs is 1. The maximum absolute atomic E-state index is 13.5. The highest BCUT2D eigenvalue weighted by molar-refractivity contribution is 7.99. The number of hydrogen-bond acceptors (Lipinski definition) is 9. The molecular formula is C33H37N3O6S4. The standard InChI is InChI=1S/C33H37N3O6S4/c1-5-7-25-19(3)24-16-21(8-13-26(24)36(25)22-9-11-23(12-10-22)45-15-14-28(37)38)17-27-31(41)35(18-29(39)40)33(46-27)30(44)32(42)34(6-2)20(4)43/h8-13,16-17,19,25,44H,5-7,14-15,18H2,1-4H3,(H,37,38)(H,39,40)/b27-17-,33-30+. The molecule has 0 spiro atoms. The minimum Gasteiger partial charge on any atom is -0.481 e. The summed E-state index contributed by atoms with van der Waals surface area (Å²) in [5, 5.41) is 18.5. The van der Waals surface area contributed by atoms with E-state index in [1.165, 1.54) is 16.7 Å². The number of aliphatic carboxylic acids is 2. The summed E-state index contributed by atoms with van der Waals surface area (Å²) in [6, 6.07) is 14.5. The molecule has 2 aromatic carbocycles. The summed E-state index contributed by atoms with van der Waals surface area (Å²) in [7, 11) is 0. The number of carbonyl (C=O) groups is 3. The lowest BCUT2D eigenvalue weighted by Crippen LogP contribution is -2.38. The molecule has 0 bridgehead atoms. The second-order valence-corrected chi connectivity index (χ2v) is 14.2. The molecule has 4 rings (SSSR count). The SMILES string of the molecule is CCCC1C(C)c2cc(/C=c3\s/c(=C(/S)C(=O)N(CC)C(C)=S)n(CC(=O)O)c3=O)ccc2N1c1ccc(SCCC(=O)O)cc1. The minimum atomic E-state index is -1.21. The summed E-state index contributed by atoms with van der Waals surface area (Å²) < 4.78 is 1.53. The van der Waals surface area contributed by atoms with Gasteiger partial charge in [-0.25, -0.2) is 0 Å². The third-order valence-corrected chi connectivity index (χ3v) is 10.8. The lowest BCUT2D eigenvalue weighted by molar-refractivity contribution is -0.138. The molecule has 0 saturated carbocycles. The Morgan fingerprint density at radius 2 is 1.80 bits per heavy atom. The van der Waals surface area contributed by atoms with Crippen LogP contribution in [0.5, 0.6) is 0 Å². The Bertz CT molecular complexity index is 1830. The fraction of sp³-hybridized carbons (Fsp3) is 0.364. The van der Waals surface area contributed by atoms with E-state index in [2.05, 4.69) is 49.6 Å². The second-order valence-electron chi connectivity index (χ2n) is 10.9. The van der Waals surface area contributed by atoms with Gasteiger partial charge in [0.25, 0.3) is 11.5 Å². The van der Waals surface area contributed by atoms with E-state index in [1.807, 2.05) is 24.3 Å². The molecule has 3 aromatic rings. The number of thioether (sulfide) groups is 1. The van der Waals surface area contributed by atoms with Gasteiger partial charge in [0.15, 0.2) is 0 Å². The zero-order valence-corrected chi connectivity index (χ0v) is 29.4. The first-order chi connectivity index (χ1) is 21.9. The molecule has 2 heterocycles. The van der Waals surface area contributed by atoms with E-state index >= 15 is 0 Å². The smallest absolute Gasteiger partial charge is 0.323 e. The Morgan fingerprint density at radius 1 is 1.11 bits per heavy atom. The van der Waals surface area contributed by atoms with Crippen LogP contribution in [0, 0.1) is 0 Å². The molecule has 2 atom stereocenters. The lowest BCUT2D eigenvalue weighted by atomic mass is 9.93. The van der Waals surface area contributed by atoms with Gasteiger partial charge in [0.05, 0.1) is 15.9 Å². The highest BCUT2D eigenvalue weighted by atomic mass is 32.2. The highest BCUT2D eigenvalue weighted by Crippen LogP contribution is 2.47. The number of thiocarbonyl (C=S) groups is 1. The van der Waals surface area contributed by atoms with Crippen LogP contribution in [0.15, 0.2) is 52.2 Å². The molecule has 1 aromatic heterocycles. The van der Waals surface area contributed by atoms with Crippen LogP contribution in [0.1, 0.15) is 64.0 Å². The number of thiol groups is 1. The zero-order valence-electron chi connectivity index (χ0n) is 26.1. The van der Waals surface area contributed by atoms with Crippen LogP contribution in [-0.4, -0.2) is 60.9 Å². The average molecular weight is 700 g/mol. The fourth-order valence-electron chi connectivity index (χ4n) is 5.68. The Hall–Kier alpha value is -3.39. The van der Waals surface area contributed by atoms with E-state index in [4.69, 9.17) is 17.3 Å². The molecular weight excluding hydrogens is 663 g/mol. The van der Waals surface area contributed by atoms with Crippen LogP contribution in [0.3, 0.4) is 0 Å². The van der Waals surface area contributed by atoms with Crippen molar-refractivity contribution < 1.29 is 24.6 Å². The van der Waals surface area contributed by atoms with Crippen molar-refractivity contribution in [2.24, 2.45) is 0 Å². The monoisotopic (exact) mass is 699 g/mol. The number of thiazole rings is 1. The van der Waals surface area contributed by atoms with Crippen molar-refractivity contribution in [3.63, 3.8) is 0 Å². The summed E-state index contributed by atoms with van der Waals surface area (Å²) >= 11 is 12.2. The number of anilines is 2. The molecule has 2 N–H and O–H groups in total. The molecule has 2 unspecified atom stereocenters. The van der Waals surface area contributed by atoms with Crippen molar-refractivity contribution in [3.05, 3.63) is 73.1 Å². The Kier molecular flexibility index (Phi) is 11.9. The van der Waals surface area contributed by atoms with Crippen LogP contribution in [0.2, 0.25) is 0 Å². The van der Waals surface area contributed by atoms with Crippen LogP contribution in [0.25, 0.3) is 11.0 Å². The summed E-state index contributed by atoms with van der Waals surface area (Å²) in [5.74, 6) is -1.80. The van der Waals surface area contributed by atoms with E-state index in [0.29, 0.717) is 21.8 Å². The van der Waals surface area contributed by atoms with Crippen molar-refractivity contribution in [1.29, 1.82) is 0 Å². The first kappa shape index (κ1) is 35.5. The quantitative estimate of drug-likeness (QED) is 0.136. The highest BCUT2D eigenvalue weighted by Gasteiger charge is 2.36. The molecule has 0 radical (unpaired) electrons. The first-order valence-corrected chi connectivity index (χ1v) is 17.6. The third kappa shape index (κ3) is 7.76. The number of hydrogen-bond donors (Lipinski definition) is 3. The molecule has 0 saturated heterocycles. The van der Waals surface area contributed by atoms with Crippen molar-refractivity contribution in [2.75, 3.05) is 17.2 Å². The number of carbonyl (C=O) groups excluding carboxylic acids is 1. The Labute approximate surface area is 286 Å². The molecule has 1 aliphatic rings. The van der Waals surface area contributed by atoms with E-state index in [0.717, 1.165) is 56.1 Å². The topological polar surface area (TPSA) is 120 Å². The molecule has 46 heavy (non-hydrogen) atoms. The van der Waals surface area contributed by atoms with E-state index < -0.39 is 29.9 Å². The summed E-state index contributed by atoms with van der Waals surface area (Å²) in [4.78, 5) is 54.2. The number of rotatable bonds is 12. The first-order valence-electron chi connectivity index (χ1n) is 14.9. The Balaban J connectivity index is 1.76. The maximum atomic E-state index is 13.5. The van der Waals surface area contributed by atoms with Crippen molar-refractivity contribution in [1.82, 2.24) is 9.47 Å². The number of benzene rings is 2. The van der Waals surface area contributed by atoms with Gasteiger partial charge in [0.2, 0.25) is 0 Å². The van der Waals surface area contributed by atoms with E-state index in [-0.39, 0.29) is 27.9 Å². The van der Waals surface area contributed by atoms with Gasteiger partial charge in [-0.3, -0.25) is 23.7 Å². The van der Waals surface area contributed by atoms with Gasteiger partial charge in [-0.05, 0) is 73.9 Å². The van der Waals surface area contributed by atoms with Gasteiger partial charge >= 0.3 is 11.9 Å².